The molecule has 0 aliphatic rings. The first-order valence-corrected chi connectivity index (χ1v) is 4.87. The van der Waals surface area contributed by atoms with Crippen LogP contribution in [0, 0.1) is 20.8 Å². The molecule has 0 aliphatic heterocycles. The van der Waals surface area contributed by atoms with E-state index in [1.807, 2.05) is 32.9 Å². The minimum atomic E-state index is -0.782. The van der Waals surface area contributed by atoms with E-state index in [0.717, 1.165) is 16.7 Å². The van der Waals surface area contributed by atoms with Crippen LogP contribution in [0.25, 0.3) is 0 Å². The van der Waals surface area contributed by atoms with E-state index in [1.54, 1.807) is 6.92 Å². The van der Waals surface area contributed by atoms with Crippen molar-refractivity contribution in [3.63, 3.8) is 0 Å². The van der Waals surface area contributed by atoms with Crippen molar-refractivity contribution in [1.29, 1.82) is 0 Å². The van der Waals surface area contributed by atoms with Crippen molar-refractivity contribution < 1.29 is 10.2 Å². The molecule has 2 N–H and O–H groups in total. The predicted octanol–water partition coefficient (Wildman–Crippen LogP) is 2.03. The minimum Gasteiger partial charge on any atom is -0.390 e. The normalized spacial score (nSPS) is 15.3. The zero-order chi connectivity index (χ0) is 10.9. The smallest absolute Gasteiger partial charge is 0.105 e. The van der Waals surface area contributed by atoms with E-state index in [-0.39, 0.29) is 0 Å². The molecule has 1 aromatic rings. The van der Waals surface area contributed by atoms with Gasteiger partial charge in [-0.3, -0.25) is 0 Å². The zero-order valence-corrected chi connectivity index (χ0v) is 9.20. The van der Waals surface area contributed by atoms with Crippen LogP contribution in [0.1, 0.15) is 35.3 Å². The number of hydrogen-bond acceptors (Lipinski definition) is 2. The molecule has 0 heterocycles. The molecule has 1 aromatic carbocycles. The lowest BCUT2D eigenvalue weighted by molar-refractivity contribution is 0.0297. The third-order valence-electron chi connectivity index (χ3n) is 2.49. The molecular formula is C12H18O2. The first-order chi connectivity index (χ1) is 6.43. The Hall–Kier alpha value is -0.860. The van der Waals surface area contributed by atoms with Gasteiger partial charge in [-0.15, -0.1) is 0 Å². The van der Waals surface area contributed by atoms with Gasteiger partial charge < -0.3 is 10.2 Å². The summed E-state index contributed by atoms with van der Waals surface area (Å²) in [7, 11) is 0. The first kappa shape index (κ1) is 11.2. The van der Waals surface area contributed by atoms with Crippen LogP contribution >= 0.6 is 0 Å². The fourth-order valence-corrected chi connectivity index (χ4v) is 1.90. The fraction of sp³-hybridized carbons (Fsp3) is 0.500. The van der Waals surface area contributed by atoms with Crippen molar-refractivity contribution in [2.24, 2.45) is 0 Å². The number of hydrogen-bond donors (Lipinski definition) is 2. The second-order valence-corrected chi connectivity index (χ2v) is 4.00. The third-order valence-corrected chi connectivity index (χ3v) is 2.49. The average molecular weight is 194 g/mol. The van der Waals surface area contributed by atoms with Gasteiger partial charge in [0.1, 0.15) is 6.10 Å². The average Bonchev–Trinajstić information content (AvgIpc) is 2.01. The van der Waals surface area contributed by atoms with Crippen LogP contribution in [-0.2, 0) is 0 Å². The van der Waals surface area contributed by atoms with Gasteiger partial charge in [0.25, 0.3) is 0 Å². The molecule has 0 radical (unpaired) electrons. The SMILES string of the molecule is Cc1cc(C)c([C@@H](O)[C@@H](C)O)c(C)c1. The van der Waals surface area contributed by atoms with E-state index in [2.05, 4.69) is 0 Å². The number of benzene rings is 1. The van der Waals surface area contributed by atoms with Gasteiger partial charge >= 0.3 is 0 Å². The summed E-state index contributed by atoms with van der Waals surface area (Å²) in [5, 5.41) is 19.1. The van der Waals surface area contributed by atoms with Crippen molar-refractivity contribution >= 4 is 0 Å². The lowest BCUT2D eigenvalue weighted by atomic mass is 9.93. The maximum absolute atomic E-state index is 9.80. The summed E-state index contributed by atoms with van der Waals surface area (Å²) in [6.45, 7) is 7.55. The molecule has 0 saturated heterocycles. The molecular weight excluding hydrogens is 176 g/mol. The van der Waals surface area contributed by atoms with Crippen molar-refractivity contribution in [2.75, 3.05) is 0 Å². The number of aliphatic hydroxyl groups is 2. The molecule has 0 saturated carbocycles. The molecule has 0 aliphatic carbocycles. The van der Waals surface area contributed by atoms with Crippen LogP contribution in [0.4, 0.5) is 0 Å². The van der Waals surface area contributed by atoms with Gasteiger partial charge in [-0.1, -0.05) is 17.7 Å². The molecule has 0 amide bonds. The van der Waals surface area contributed by atoms with Gasteiger partial charge in [-0.25, -0.2) is 0 Å². The van der Waals surface area contributed by atoms with Gasteiger partial charge in [0, 0.05) is 0 Å². The summed E-state index contributed by atoms with van der Waals surface area (Å²) >= 11 is 0. The molecule has 14 heavy (non-hydrogen) atoms. The van der Waals surface area contributed by atoms with Crippen molar-refractivity contribution in [3.05, 3.63) is 34.4 Å². The Morgan fingerprint density at radius 3 is 1.79 bits per heavy atom. The van der Waals surface area contributed by atoms with Gasteiger partial charge in [-0.05, 0) is 44.4 Å². The van der Waals surface area contributed by atoms with Crippen molar-refractivity contribution in [2.45, 2.75) is 39.9 Å². The summed E-state index contributed by atoms with van der Waals surface area (Å²) in [6, 6.07) is 4.04. The van der Waals surface area contributed by atoms with Gasteiger partial charge in [0.2, 0.25) is 0 Å². The Morgan fingerprint density at radius 1 is 1.00 bits per heavy atom. The van der Waals surface area contributed by atoms with E-state index in [0.29, 0.717) is 0 Å². The van der Waals surface area contributed by atoms with E-state index >= 15 is 0 Å². The molecule has 1 rings (SSSR count). The molecule has 0 fully saturated rings. The van der Waals surface area contributed by atoms with Gasteiger partial charge in [-0.2, -0.15) is 0 Å². The van der Waals surface area contributed by atoms with Crippen LogP contribution in [-0.4, -0.2) is 16.3 Å². The zero-order valence-electron chi connectivity index (χ0n) is 9.20. The van der Waals surface area contributed by atoms with Gasteiger partial charge in [0.05, 0.1) is 6.10 Å². The molecule has 2 nitrogen and oxygen atoms in total. The first-order valence-electron chi connectivity index (χ1n) is 4.87. The van der Waals surface area contributed by atoms with Crippen molar-refractivity contribution in [1.82, 2.24) is 0 Å². The van der Waals surface area contributed by atoms with Crippen LogP contribution < -0.4 is 0 Å². The Morgan fingerprint density at radius 2 is 1.43 bits per heavy atom. The maximum Gasteiger partial charge on any atom is 0.105 e. The summed E-state index contributed by atoms with van der Waals surface area (Å²) in [4.78, 5) is 0. The Bertz CT molecular complexity index is 306. The summed E-state index contributed by atoms with van der Waals surface area (Å²) < 4.78 is 0. The molecule has 78 valence electrons. The van der Waals surface area contributed by atoms with Gasteiger partial charge in [0.15, 0.2) is 0 Å². The van der Waals surface area contributed by atoms with E-state index in [1.165, 1.54) is 5.56 Å². The maximum atomic E-state index is 9.80. The van der Waals surface area contributed by atoms with Crippen molar-refractivity contribution in [3.8, 4) is 0 Å². The highest BCUT2D eigenvalue weighted by molar-refractivity contribution is 5.39. The van der Waals surface area contributed by atoms with Crippen LogP contribution in [0.2, 0.25) is 0 Å². The standard InChI is InChI=1S/C12H18O2/c1-7-5-8(2)11(9(3)6-7)12(14)10(4)13/h5-6,10,12-14H,1-4H3/t10-,12+/m1/s1. The lowest BCUT2D eigenvalue weighted by Crippen LogP contribution is -2.16. The molecule has 0 bridgehead atoms. The topological polar surface area (TPSA) is 40.5 Å². The summed E-state index contributed by atoms with van der Waals surface area (Å²) in [5.74, 6) is 0. The second kappa shape index (κ2) is 4.11. The minimum absolute atomic E-state index is 0.727. The molecule has 0 spiro atoms. The van der Waals surface area contributed by atoms with E-state index < -0.39 is 12.2 Å². The third kappa shape index (κ3) is 2.14. The second-order valence-electron chi connectivity index (χ2n) is 4.00. The number of aliphatic hydroxyl groups excluding tert-OH is 2. The highest BCUT2D eigenvalue weighted by Gasteiger charge is 2.17. The Balaban J connectivity index is 3.20. The quantitative estimate of drug-likeness (QED) is 0.756. The number of rotatable bonds is 2. The van der Waals surface area contributed by atoms with Crippen LogP contribution in [0.15, 0.2) is 12.1 Å². The van der Waals surface area contributed by atoms with E-state index in [4.69, 9.17) is 0 Å². The summed E-state index contributed by atoms with van der Waals surface area (Å²) in [5.41, 5.74) is 4.11. The molecule has 2 atom stereocenters. The predicted molar refractivity (Wildman–Crippen MR) is 57.3 cm³/mol. The summed E-state index contributed by atoms with van der Waals surface area (Å²) in [6.07, 6.45) is -1.51. The fourth-order valence-electron chi connectivity index (χ4n) is 1.90. The molecule has 0 aromatic heterocycles. The lowest BCUT2D eigenvalue weighted by Gasteiger charge is -2.19. The van der Waals surface area contributed by atoms with E-state index in [9.17, 15) is 10.2 Å². The number of aryl methyl sites for hydroxylation is 3. The molecule has 0 unspecified atom stereocenters. The highest BCUT2D eigenvalue weighted by Crippen LogP contribution is 2.25. The Kier molecular flexibility index (Phi) is 3.29. The molecule has 2 heteroatoms. The Labute approximate surface area is 85.2 Å². The highest BCUT2D eigenvalue weighted by atomic mass is 16.3. The largest absolute Gasteiger partial charge is 0.390 e. The van der Waals surface area contributed by atoms with Crippen LogP contribution in [0.5, 0.6) is 0 Å². The van der Waals surface area contributed by atoms with Crippen LogP contribution in [0.3, 0.4) is 0 Å². The monoisotopic (exact) mass is 194 g/mol.